The van der Waals surface area contributed by atoms with Crippen LogP contribution < -0.4 is 5.32 Å². The topological polar surface area (TPSA) is 137 Å². The number of carboxylic acid groups (broad SMARTS) is 1. The lowest BCUT2D eigenvalue weighted by atomic mass is 10.1. The molecule has 0 aliphatic heterocycles. The number of methoxy groups -OCH3 is 2. The molecule has 0 aliphatic rings. The molecule has 1 aromatic carbocycles. The molecular formula is C17H17N3O7. The average molecular weight is 375 g/mol. The van der Waals surface area contributed by atoms with Gasteiger partial charge in [0.2, 0.25) is 0 Å². The Morgan fingerprint density at radius 3 is 2.19 bits per heavy atom. The molecule has 0 spiro atoms. The molecule has 10 heteroatoms. The quantitative estimate of drug-likeness (QED) is 0.688. The summed E-state index contributed by atoms with van der Waals surface area (Å²) in [5.74, 6) is -2.95. The molecule has 0 saturated heterocycles. The van der Waals surface area contributed by atoms with Crippen LogP contribution >= 0.6 is 0 Å². The number of carbonyl (C=O) groups is 4. The van der Waals surface area contributed by atoms with Crippen molar-refractivity contribution in [1.82, 2.24) is 9.78 Å². The van der Waals surface area contributed by atoms with E-state index in [1.54, 1.807) is 0 Å². The second-order valence-electron chi connectivity index (χ2n) is 5.34. The number of aromatic nitrogens is 2. The van der Waals surface area contributed by atoms with Crippen LogP contribution in [0.25, 0.3) is 0 Å². The number of carboxylic acids is 1. The van der Waals surface area contributed by atoms with Crippen LogP contribution in [0.4, 0.5) is 5.69 Å². The number of aliphatic carboxylic acids is 1. The minimum absolute atomic E-state index is 0.0449. The van der Waals surface area contributed by atoms with Crippen molar-refractivity contribution in [1.29, 1.82) is 0 Å². The Labute approximate surface area is 153 Å². The zero-order valence-corrected chi connectivity index (χ0v) is 14.6. The van der Waals surface area contributed by atoms with Crippen molar-refractivity contribution in [2.75, 3.05) is 19.5 Å². The molecule has 2 aromatic rings. The van der Waals surface area contributed by atoms with Crippen molar-refractivity contribution in [3.05, 3.63) is 47.3 Å². The van der Waals surface area contributed by atoms with E-state index < -0.39 is 23.8 Å². The smallest absolute Gasteiger partial charge is 0.337 e. The van der Waals surface area contributed by atoms with Crippen molar-refractivity contribution in [2.24, 2.45) is 0 Å². The van der Waals surface area contributed by atoms with Gasteiger partial charge in [-0.1, -0.05) is 0 Å². The second kappa shape index (κ2) is 8.61. The first-order valence-electron chi connectivity index (χ1n) is 7.72. The van der Waals surface area contributed by atoms with Crippen molar-refractivity contribution in [3.63, 3.8) is 0 Å². The molecule has 0 atom stereocenters. The Balaban J connectivity index is 2.22. The van der Waals surface area contributed by atoms with Crippen LogP contribution in [0.3, 0.4) is 0 Å². The lowest BCUT2D eigenvalue weighted by molar-refractivity contribution is -0.137. The Hall–Kier alpha value is -3.69. The summed E-state index contributed by atoms with van der Waals surface area (Å²) in [6, 6.07) is 5.39. The molecule has 2 N–H and O–H groups in total. The van der Waals surface area contributed by atoms with Gasteiger partial charge in [0.1, 0.15) is 0 Å². The predicted molar refractivity (Wildman–Crippen MR) is 91.6 cm³/mol. The van der Waals surface area contributed by atoms with Gasteiger partial charge in [-0.15, -0.1) is 0 Å². The molecule has 2 rings (SSSR count). The molecule has 27 heavy (non-hydrogen) atoms. The van der Waals surface area contributed by atoms with Gasteiger partial charge in [-0.05, 0) is 24.3 Å². The van der Waals surface area contributed by atoms with E-state index in [0.29, 0.717) is 0 Å². The normalized spacial score (nSPS) is 10.1. The lowest BCUT2D eigenvalue weighted by Gasteiger charge is -2.08. The van der Waals surface area contributed by atoms with Gasteiger partial charge in [-0.25, -0.2) is 9.59 Å². The molecule has 0 fully saturated rings. The molecule has 142 valence electrons. The van der Waals surface area contributed by atoms with E-state index in [0.717, 1.165) is 0 Å². The number of amides is 1. The number of aryl methyl sites for hydroxylation is 1. The van der Waals surface area contributed by atoms with Gasteiger partial charge in [-0.2, -0.15) is 5.10 Å². The highest BCUT2D eigenvalue weighted by atomic mass is 16.5. The monoisotopic (exact) mass is 375 g/mol. The number of hydrogen-bond acceptors (Lipinski definition) is 7. The third kappa shape index (κ3) is 5.14. The number of hydrogen-bond donors (Lipinski definition) is 2. The number of carbonyl (C=O) groups excluding carboxylic acids is 3. The highest BCUT2D eigenvalue weighted by Gasteiger charge is 2.16. The van der Waals surface area contributed by atoms with Gasteiger partial charge >= 0.3 is 17.9 Å². The fourth-order valence-electron chi connectivity index (χ4n) is 2.18. The van der Waals surface area contributed by atoms with E-state index in [1.165, 1.54) is 49.4 Å². The maximum atomic E-state index is 12.3. The van der Waals surface area contributed by atoms with Crippen LogP contribution in [-0.2, 0) is 20.8 Å². The highest BCUT2D eigenvalue weighted by Crippen LogP contribution is 2.18. The fraction of sp³-hybridized carbons (Fsp3) is 0.235. The van der Waals surface area contributed by atoms with E-state index in [1.807, 2.05) is 0 Å². The minimum atomic E-state index is -0.980. The van der Waals surface area contributed by atoms with Crippen LogP contribution in [0.15, 0.2) is 30.5 Å². The van der Waals surface area contributed by atoms with Crippen LogP contribution in [0.2, 0.25) is 0 Å². The summed E-state index contributed by atoms with van der Waals surface area (Å²) >= 11 is 0. The number of nitrogens with one attached hydrogen (secondary N) is 1. The highest BCUT2D eigenvalue weighted by molar-refractivity contribution is 6.04. The van der Waals surface area contributed by atoms with Crippen molar-refractivity contribution in [2.45, 2.75) is 13.0 Å². The molecule has 0 saturated carbocycles. The Bertz CT molecular complexity index is 854. The zero-order chi connectivity index (χ0) is 20.0. The number of benzene rings is 1. The fourth-order valence-corrected chi connectivity index (χ4v) is 2.18. The third-order valence-electron chi connectivity index (χ3n) is 3.46. The molecule has 0 unspecified atom stereocenters. The summed E-state index contributed by atoms with van der Waals surface area (Å²) in [5, 5.41) is 15.2. The van der Waals surface area contributed by atoms with Crippen LogP contribution in [0.5, 0.6) is 0 Å². The average Bonchev–Trinajstić information content (AvgIpc) is 3.14. The van der Waals surface area contributed by atoms with Crippen LogP contribution in [-0.4, -0.2) is 52.9 Å². The number of anilines is 1. The van der Waals surface area contributed by atoms with Gasteiger partial charge in [0.25, 0.3) is 5.91 Å². The Kier molecular flexibility index (Phi) is 6.26. The first-order valence-corrected chi connectivity index (χ1v) is 7.72. The summed E-state index contributed by atoms with van der Waals surface area (Å²) in [5.41, 5.74) is 0.331. The SMILES string of the molecule is COC(=O)c1cc(NC(=O)c2ccn(CCC(=O)O)n2)cc(C(=O)OC)c1. The number of nitrogens with zero attached hydrogens (tertiary/aromatic N) is 2. The summed E-state index contributed by atoms with van der Waals surface area (Å²) in [6.07, 6.45) is 1.34. The van der Waals surface area contributed by atoms with Gasteiger partial charge in [0.15, 0.2) is 5.69 Å². The van der Waals surface area contributed by atoms with E-state index in [4.69, 9.17) is 5.11 Å². The third-order valence-corrected chi connectivity index (χ3v) is 3.46. The second-order valence-corrected chi connectivity index (χ2v) is 5.34. The molecule has 1 aromatic heterocycles. The molecular weight excluding hydrogens is 358 g/mol. The molecule has 10 nitrogen and oxygen atoms in total. The number of rotatable bonds is 7. The maximum Gasteiger partial charge on any atom is 0.337 e. The van der Waals surface area contributed by atoms with E-state index in [9.17, 15) is 19.2 Å². The Morgan fingerprint density at radius 1 is 1.07 bits per heavy atom. The maximum absolute atomic E-state index is 12.3. The van der Waals surface area contributed by atoms with Crippen LogP contribution in [0.1, 0.15) is 37.6 Å². The van der Waals surface area contributed by atoms with Gasteiger partial charge in [0, 0.05) is 11.9 Å². The summed E-state index contributed by atoms with van der Waals surface area (Å²) in [4.78, 5) is 46.4. The molecule has 1 amide bonds. The minimum Gasteiger partial charge on any atom is -0.481 e. The van der Waals surface area contributed by atoms with Crippen LogP contribution in [0, 0.1) is 0 Å². The lowest BCUT2D eigenvalue weighted by Crippen LogP contribution is -2.15. The van der Waals surface area contributed by atoms with E-state index >= 15 is 0 Å². The van der Waals surface area contributed by atoms with Gasteiger partial charge in [-0.3, -0.25) is 14.3 Å². The zero-order valence-electron chi connectivity index (χ0n) is 14.6. The van der Waals surface area contributed by atoms with E-state index in [2.05, 4.69) is 19.9 Å². The molecule has 1 heterocycles. The van der Waals surface area contributed by atoms with E-state index in [-0.39, 0.29) is 35.5 Å². The molecule has 0 bridgehead atoms. The van der Waals surface area contributed by atoms with Gasteiger partial charge < -0.3 is 19.9 Å². The first-order chi connectivity index (χ1) is 12.8. The summed E-state index contributed by atoms with van der Waals surface area (Å²) < 4.78 is 10.6. The van der Waals surface area contributed by atoms with Gasteiger partial charge in [0.05, 0.1) is 38.3 Å². The first kappa shape index (κ1) is 19.6. The number of esters is 2. The number of ether oxygens (including phenoxy) is 2. The summed E-state index contributed by atoms with van der Waals surface area (Å²) in [7, 11) is 2.38. The molecule has 0 aliphatic carbocycles. The summed E-state index contributed by atoms with van der Waals surface area (Å²) in [6.45, 7) is 0.118. The largest absolute Gasteiger partial charge is 0.481 e. The Morgan fingerprint density at radius 2 is 1.67 bits per heavy atom. The van der Waals surface area contributed by atoms with Crippen molar-refractivity contribution < 1.29 is 33.8 Å². The predicted octanol–water partition coefficient (Wildman–Crippen LogP) is 1.18. The standard InChI is InChI=1S/C17H17N3O7/c1-26-16(24)10-7-11(17(25)27-2)9-12(8-10)18-15(23)13-3-5-20(19-13)6-4-14(21)22/h3,5,7-9H,4,6H2,1-2H3,(H,18,23)(H,21,22). The van der Waals surface area contributed by atoms with Crippen molar-refractivity contribution in [3.8, 4) is 0 Å². The molecule has 0 radical (unpaired) electrons. The van der Waals surface area contributed by atoms with Crippen molar-refractivity contribution >= 4 is 29.5 Å².